The number of amides is 1. The quantitative estimate of drug-likeness (QED) is 0.797. The molecular weight excluding hydrogens is 293 g/mol. The first-order chi connectivity index (χ1) is 11.0. The molecule has 0 aliphatic rings. The van der Waals surface area contributed by atoms with E-state index in [1.54, 1.807) is 16.7 Å². The SMILES string of the molecule is CC(C)c1ccccc1NC(=O)Cc1cn2cc(F)ccc2n1. The van der Waals surface area contributed by atoms with Crippen LogP contribution in [-0.2, 0) is 11.2 Å². The second kappa shape index (κ2) is 6.20. The lowest BCUT2D eigenvalue weighted by Gasteiger charge is -2.13. The number of rotatable bonds is 4. The Morgan fingerprint density at radius 2 is 2.00 bits per heavy atom. The minimum atomic E-state index is -0.336. The van der Waals surface area contributed by atoms with Crippen LogP contribution in [0.25, 0.3) is 5.65 Å². The number of hydrogen-bond acceptors (Lipinski definition) is 2. The van der Waals surface area contributed by atoms with Gasteiger partial charge in [-0.25, -0.2) is 9.37 Å². The number of imidazole rings is 1. The highest BCUT2D eigenvalue weighted by molar-refractivity contribution is 5.92. The molecule has 1 N–H and O–H groups in total. The predicted molar refractivity (Wildman–Crippen MR) is 88.0 cm³/mol. The summed E-state index contributed by atoms with van der Waals surface area (Å²) in [5.41, 5.74) is 3.15. The van der Waals surface area contributed by atoms with Gasteiger partial charge in [0.2, 0.25) is 5.91 Å². The summed E-state index contributed by atoms with van der Waals surface area (Å²) < 4.78 is 14.8. The van der Waals surface area contributed by atoms with Crippen molar-refractivity contribution in [1.29, 1.82) is 0 Å². The number of nitrogens with zero attached hydrogens (tertiary/aromatic N) is 2. The molecule has 0 radical (unpaired) electrons. The predicted octanol–water partition coefficient (Wildman–Crippen LogP) is 3.78. The first-order valence-corrected chi connectivity index (χ1v) is 7.55. The molecule has 3 rings (SSSR count). The molecule has 0 spiro atoms. The second-order valence-corrected chi connectivity index (χ2v) is 5.81. The highest BCUT2D eigenvalue weighted by Crippen LogP contribution is 2.23. The molecule has 23 heavy (non-hydrogen) atoms. The van der Waals surface area contributed by atoms with E-state index in [1.165, 1.54) is 12.3 Å². The van der Waals surface area contributed by atoms with Crippen molar-refractivity contribution in [1.82, 2.24) is 9.38 Å². The third-order valence-corrected chi connectivity index (χ3v) is 3.66. The zero-order chi connectivity index (χ0) is 16.4. The van der Waals surface area contributed by atoms with E-state index in [4.69, 9.17) is 0 Å². The van der Waals surface area contributed by atoms with E-state index in [0.29, 0.717) is 17.3 Å². The molecule has 0 aliphatic carbocycles. The molecule has 4 nitrogen and oxygen atoms in total. The number of fused-ring (bicyclic) bond motifs is 1. The van der Waals surface area contributed by atoms with Crippen LogP contribution in [0.5, 0.6) is 0 Å². The van der Waals surface area contributed by atoms with Gasteiger partial charge in [0, 0.05) is 18.1 Å². The van der Waals surface area contributed by atoms with E-state index in [1.807, 2.05) is 24.3 Å². The van der Waals surface area contributed by atoms with Crippen LogP contribution < -0.4 is 5.32 Å². The molecular formula is C18H18FN3O. The Hall–Kier alpha value is -2.69. The van der Waals surface area contributed by atoms with Crippen molar-refractivity contribution in [2.45, 2.75) is 26.2 Å². The van der Waals surface area contributed by atoms with Crippen molar-refractivity contribution in [2.24, 2.45) is 0 Å². The second-order valence-electron chi connectivity index (χ2n) is 5.81. The van der Waals surface area contributed by atoms with Gasteiger partial charge in [-0.15, -0.1) is 0 Å². The molecule has 1 aromatic carbocycles. The third-order valence-electron chi connectivity index (χ3n) is 3.66. The molecule has 0 unspecified atom stereocenters. The Labute approximate surface area is 134 Å². The summed E-state index contributed by atoms with van der Waals surface area (Å²) in [6, 6.07) is 10.7. The fourth-order valence-electron chi connectivity index (χ4n) is 2.58. The molecule has 0 bridgehead atoms. The summed E-state index contributed by atoms with van der Waals surface area (Å²) in [5, 5.41) is 2.93. The van der Waals surface area contributed by atoms with Gasteiger partial charge < -0.3 is 9.72 Å². The van der Waals surface area contributed by atoms with Crippen molar-refractivity contribution in [3.8, 4) is 0 Å². The number of benzene rings is 1. The third kappa shape index (κ3) is 3.39. The Kier molecular flexibility index (Phi) is 4.10. The van der Waals surface area contributed by atoms with Crippen molar-refractivity contribution >= 4 is 17.2 Å². The largest absolute Gasteiger partial charge is 0.325 e. The molecule has 0 fully saturated rings. The van der Waals surface area contributed by atoms with E-state index in [9.17, 15) is 9.18 Å². The van der Waals surface area contributed by atoms with Crippen LogP contribution in [0.15, 0.2) is 48.8 Å². The monoisotopic (exact) mass is 311 g/mol. The molecule has 0 saturated carbocycles. The van der Waals surface area contributed by atoms with Gasteiger partial charge in [0.15, 0.2) is 0 Å². The van der Waals surface area contributed by atoms with Crippen molar-refractivity contribution < 1.29 is 9.18 Å². The van der Waals surface area contributed by atoms with Crippen molar-refractivity contribution in [3.05, 3.63) is 65.9 Å². The fourth-order valence-corrected chi connectivity index (χ4v) is 2.58. The average Bonchev–Trinajstić information content (AvgIpc) is 2.88. The summed E-state index contributed by atoms with van der Waals surface area (Å²) in [6.07, 6.45) is 3.17. The summed E-state index contributed by atoms with van der Waals surface area (Å²) in [7, 11) is 0. The Bertz CT molecular complexity index is 854. The number of aromatic nitrogens is 2. The van der Waals surface area contributed by atoms with Crippen molar-refractivity contribution in [3.63, 3.8) is 0 Å². The molecule has 2 heterocycles. The summed E-state index contributed by atoms with van der Waals surface area (Å²) in [5.74, 6) is -0.150. The highest BCUT2D eigenvalue weighted by Gasteiger charge is 2.11. The van der Waals surface area contributed by atoms with Crippen LogP contribution in [0.1, 0.15) is 31.0 Å². The van der Waals surface area contributed by atoms with Crippen LogP contribution in [-0.4, -0.2) is 15.3 Å². The minimum absolute atomic E-state index is 0.137. The smallest absolute Gasteiger partial charge is 0.230 e. The molecule has 5 heteroatoms. The molecule has 0 atom stereocenters. The van der Waals surface area contributed by atoms with Gasteiger partial charge >= 0.3 is 0 Å². The Morgan fingerprint density at radius 3 is 2.78 bits per heavy atom. The molecule has 0 aliphatic heterocycles. The number of hydrogen-bond donors (Lipinski definition) is 1. The van der Waals surface area contributed by atoms with Gasteiger partial charge in [-0.05, 0) is 29.7 Å². The maximum absolute atomic E-state index is 13.2. The van der Waals surface area contributed by atoms with E-state index in [-0.39, 0.29) is 18.1 Å². The topological polar surface area (TPSA) is 46.4 Å². The standard InChI is InChI=1S/C18H18FN3O/c1-12(2)15-5-3-4-6-16(15)21-18(23)9-14-11-22-10-13(19)7-8-17(22)20-14/h3-8,10-12H,9H2,1-2H3,(H,21,23). The van der Waals surface area contributed by atoms with Gasteiger partial charge in [-0.1, -0.05) is 32.0 Å². The zero-order valence-electron chi connectivity index (χ0n) is 13.1. The number of carbonyl (C=O) groups is 1. The van der Waals surface area contributed by atoms with Crippen LogP contribution in [0.3, 0.4) is 0 Å². The van der Waals surface area contributed by atoms with Gasteiger partial charge in [-0.3, -0.25) is 4.79 Å². The lowest BCUT2D eigenvalue weighted by atomic mass is 10.0. The summed E-state index contributed by atoms with van der Waals surface area (Å²) in [6.45, 7) is 4.17. The lowest BCUT2D eigenvalue weighted by molar-refractivity contribution is -0.115. The van der Waals surface area contributed by atoms with E-state index in [2.05, 4.69) is 24.1 Å². The van der Waals surface area contributed by atoms with E-state index < -0.39 is 0 Å². The van der Waals surface area contributed by atoms with Crippen LogP contribution in [0.4, 0.5) is 10.1 Å². The van der Waals surface area contributed by atoms with Crippen LogP contribution in [0.2, 0.25) is 0 Å². The van der Waals surface area contributed by atoms with E-state index >= 15 is 0 Å². The maximum atomic E-state index is 13.2. The van der Waals surface area contributed by atoms with Crippen LogP contribution >= 0.6 is 0 Å². The average molecular weight is 311 g/mol. The Morgan fingerprint density at radius 1 is 1.22 bits per heavy atom. The lowest BCUT2D eigenvalue weighted by Crippen LogP contribution is -2.16. The van der Waals surface area contributed by atoms with Gasteiger partial charge in [0.1, 0.15) is 11.5 Å². The first kappa shape index (κ1) is 15.2. The number of anilines is 1. The normalized spacial score (nSPS) is 11.1. The molecule has 2 aromatic heterocycles. The molecule has 118 valence electrons. The number of halogens is 1. The number of para-hydroxylation sites is 1. The molecule has 0 saturated heterocycles. The minimum Gasteiger partial charge on any atom is -0.325 e. The van der Waals surface area contributed by atoms with Crippen LogP contribution in [0, 0.1) is 5.82 Å². The number of pyridine rings is 1. The number of carbonyl (C=O) groups excluding carboxylic acids is 1. The fraction of sp³-hybridized carbons (Fsp3) is 0.222. The first-order valence-electron chi connectivity index (χ1n) is 7.55. The van der Waals surface area contributed by atoms with Gasteiger partial charge in [-0.2, -0.15) is 0 Å². The summed E-state index contributed by atoms with van der Waals surface area (Å²) in [4.78, 5) is 16.6. The zero-order valence-corrected chi connectivity index (χ0v) is 13.1. The Balaban J connectivity index is 1.76. The highest BCUT2D eigenvalue weighted by atomic mass is 19.1. The van der Waals surface area contributed by atoms with Gasteiger partial charge in [0.25, 0.3) is 0 Å². The molecule has 1 amide bonds. The molecule has 3 aromatic rings. The van der Waals surface area contributed by atoms with Gasteiger partial charge in [0.05, 0.1) is 12.1 Å². The number of nitrogens with one attached hydrogen (secondary N) is 1. The maximum Gasteiger partial charge on any atom is 0.230 e. The van der Waals surface area contributed by atoms with E-state index in [0.717, 1.165) is 11.3 Å². The van der Waals surface area contributed by atoms with Crippen molar-refractivity contribution in [2.75, 3.05) is 5.32 Å². The summed E-state index contributed by atoms with van der Waals surface area (Å²) >= 11 is 0.